The van der Waals surface area contributed by atoms with Crippen LogP contribution < -0.4 is 10.5 Å². The second-order valence-corrected chi connectivity index (χ2v) is 6.91. The minimum atomic E-state index is -3.61. The molecule has 3 N–H and O–H groups in total. The van der Waals surface area contributed by atoms with Gasteiger partial charge in [0.2, 0.25) is 10.0 Å². The smallest absolute Gasteiger partial charge is 0.241 e. The van der Waals surface area contributed by atoms with Crippen molar-refractivity contribution in [3.05, 3.63) is 59.2 Å². The number of aryl methyl sites for hydroxylation is 2. The van der Waals surface area contributed by atoms with Crippen molar-refractivity contribution in [1.29, 1.82) is 0 Å². The van der Waals surface area contributed by atoms with E-state index in [-0.39, 0.29) is 10.9 Å². The number of anilines is 1. The first-order chi connectivity index (χ1) is 9.81. The van der Waals surface area contributed by atoms with Crippen molar-refractivity contribution in [2.75, 3.05) is 5.73 Å². The van der Waals surface area contributed by atoms with E-state index in [1.807, 2.05) is 38.1 Å². The number of sulfonamides is 1. The molecule has 21 heavy (non-hydrogen) atoms. The summed E-state index contributed by atoms with van der Waals surface area (Å²) in [5.74, 6) is 0. The molecule has 0 aliphatic carbocycles. The summed E-state index contributed by atoms with van der Waals surface area (Å²) in [6.45, 7) is 5.56. The Kier molecular flexibility index (Phi) is 4.34. The first-order valence-corrected chi connectivity index (χ1v) is 8.23. The Labute approximate surface area is 126 Å². The van der Waals surface area contributed by atoms with E-state index in [4.69, 9.17) is 5.73 Å². The van der Waals surface area contributed by atoms with Crippen LogP contribution in [0.15, 0.2) is 47.4 Å². The van der Waals surface area contributed by atoms with E-state index in [2.05, 4.69) is 4.72 Å². The Morgan fingerprint density at radius 1 is 1.05 bits per heavy atom. The summed E-state index contributed by atoms with van der Waals surface area (Å²) in [6, 6.07) is 12.3. The van der Waals surface area contributed by atoms with Crippen LogP contribution in [0.5, 0.6) is 0 Å². The van der Waals surface area contributed by atoms with Crippen molar-refractivity contribution >= 4 is 15.7 Å². The molecule has 0 heterocycles. The maximum Gasteiger partial charge on any atom is 0.241 e. The Morgan fingerprint density at radius 2 is 1.71 bits per heavy atom. The van der Waals surface area contributed by atoms with Gasteiger partial charge in [-0.15, -0.1) is 0 Å². The van der Waals surface area contributed by atoms with Gasteiger partial charge >= 0.3 is 0 Å². The first kappa shape index (κ1) is 15.5. The van der Waals surface area contributed by atoms with Gasteiger partial charge in [-0.25, -0.2) is 13.1 Å². The molecule has 2 rings (SSSR count). The van der Waals surface area contributed by atoms with Crippen molar-refractivity contribution in [1.82, 2.24) is 4.72 Å². The summed E-state index contributed by atoms with van der Waals surface area (Å²) in [5.41, 5.74) is 8.82. The highest BCUT2D eigenvalue weighted by Crippen LogP contribution is 2.22. The van der Waals surface area contributed by atoms with Crippen LogP contribution in [-0.4, -0.2) is 8.42 Å². The summed E-state index contributed by atoms with van der Waals surface area (Å²) < 4.78 is 27.8. The standard InChI is InChI=1S/C16H20N2O2S/c1-11-6-4-5-7-15(11)13(3)18-21(19,20)16-10-14(17)9-8-12(16)2/h4-10,13,18H,17H2,1-3H3. The Hall–Kier alpha value is -1.85. The number of nitrogen functional groups attached to an aromatic ring is 1. The molecule has 0 aliphatic heterocycles. The van der Waals surface area contributed by atoms with Crippen molar-refractivity contribution in [2.24, 2.45) is 0 Å². The fraction of sp³-hybridized carbons (Fsp3) is 0.250. The molecule has 0 saturated carbocycles. The average molecular weight is 304 g/mol. The zero-order chi connectivity index (χ0) is 15.6. The lowest BCUT2D eigenvalue weighted by Gasteiger charge is -2.17. The van der Waals surface area contributed by atoms with Crippen molar-refractivity contribution in [3.63, 3.8) is 0 Å². The van der Waals surface area contributed by atoms with E-state index in [1.165, 1.54) is 6.07 Å². The minimum Gasteiger partial charge on any atom is -0.399 e. The van der Waals surface area contributed by atoms with Crippen molar-refractivity contribution in [3.8, 4) is 0 Å². The number of rotatable bonds is 4. The molecule has 1 unspecified atom stereocenters. The summed E-state index contributed by atoms with van der Waals surface area (Å²) in [7, 11) is -3.61. The van der Waals surface area contributed by atoms with Gasteiger partial charge in [-0.05, 0) is 49.6 Å². The maximum atomic E-state index is 12.5. The molecule has 0 bridgehead atoms. The molecule has 4 nitrogen and oxygen atoms in total. The Morgan fingerprint density at radius 3 is 2.38 bits per heavy atom. The predicted molar refractivity (Wildman–Crippen MR) is 85.5 cm³/mol. The molecule has 0 saturated heterocycles. The molecular weight excluding hydrogens is 284 g/mol. The van der Waals surface area contributed by atoms with E-state index in [1.54, 1.807) is 19.1 Å². The number of hydrogen-bond acceptors (Lipinski definition) is 3. The third-order valence-electron chi connectivity index (χ3n) is 3.49. The largest absolute Gasteiger partial charge is 0.399 e. The van der Waals surface area contributed by atoms with E-state index in [9.17, 15) is 8.42 Å². The van der Waals surface area contributed by atoms with Gasteiger partial charge in [0.1, 0.15) is 0 Å². The Bertz CT molecular complexity index is 755. The molecular formula is C16H20N2O2S. The van der Waals surface area contributed by atoms with Gasteiger partial charge in [-0.1, -0.05) is 30.3 Å². The van der Waals surface area contributed by atoms with Crippen LogP contribution in [0, 0.1) is 13.8 Å². The molecule has 0 radical (unpaired) electrons. The lowest BCUT2D eigenvalue weighted by atomic mass is 10.0. The zero-order valence-electron chi connectivity index (χ0n) is 12.4. The molecule has 0 aliphatic rings. The van der Waals surface area contributed by atoms with E-state index < -0.39 is 10.0 Å². The van der Waals surface area contributed by atoms with Crippen LogP contribution in [0.2, 0.25) is 0 Å². The molecule has 0 spiro atoms. The highest BCUT2D eigenvalue weighted by atomic mass is 32.2. The van der Waals surface area contributed by atoms with E-state index >= 15 is 0 Å². The monoisotopic (exact) mass is 304 g/mol. The number of nitrogens with one attached hydrogen (secondary N) is 1. The van der Waals surface area contributed by atoms with Crippen LogP contribution in [0.3, 0.4) is 0 Å². The maximum absolute atomic E-state index is 12.5. The summed E-state index contributed by atoms with van der Waals surface area (Å²) >= 11 is 0. The molecule has 112 valence electrons. The number of hydrogen-bond donors (Lipinski definition) is 2. The highest BCUT2D eigenvalue weighted by Gasteiger charge is 2.21. The van der Waals surface area contributed by atoms with Crippen molar-refractivity contribution in [2.45, 2.75) is 31.7 Å². The molecule has 1 atom stereocenters. The predicted octanol–water partition coefficient (Wildman–Crippen LogP) is 2.93. The van der Waals surface area contributed by atoms with Crippen LogP contribution in [0.1, 0.15) is 29.7 Å². The molecule has 0 fully saturated rings. The van der Waals surface area contributed by atoms with Crippen LogP contribution in [0.25, 0.3) is 0 Å². The summed E-state index contributed by atoms with van der Waals surface area (Å²) in [6.07, 6.45) is 0. The quantitative estimate of drug-likeness (QED) is 0.853. The summed E-state index contributed by atoms with van der Waals surface area (Å²) in [5, 5.41) is 0. The minimum absolute atomic E-state index is 0.225. The third kappa shape index (κ3) is 3.43. The number of benzene rings is 2. The van der Waals surface area contributed by atoms with Gasteiger partial charge in [-0.2, -0.15) is 0 Å². The summed E-state index contributed by atoms with van der Waals surface area (Å²) in [4.78, 5) is 0.225. The second-order valence-electron chi connectivity index (χ2n) is 5.22. The molecule has 5 heteroatoms. The van der Waals surface area contributed by atoms with Crippen LogP contribution in [-0.2, 0) is 10.0 Å². The second kappa shape index (κ2) is 5.87. The van der Waals surface area contributed by atoms with Crippen LogP contribution >= 0.6 is 0 Å². The average Bonchev–Trinajstić information content (AvgIpc) is 2.41. The third-order valence-corrected chi connectivity index (χ3v) is 5.17. The molecule has 0 aromatic heterocycles. The SMILES string of the molecule is Cc1ccccc1C(C)NS(=O)(=O)c1cc(N)ccc1C. The lowest BCUT2D eigenvalue weighted by molar-refractivity contribution is 0.566. The molecule has 2 aromatic rings. The zero-order valence-corrected chi connectivity index (χ0v) is 13.2. The van der Waals surface area contributed by atoms with Gasteiger partial charge in [0.25, 0.3) is 0 Å². The normalized spacial score (nSPS) is 13.1. The topological polar surface area (TPSA) is 72.2 Å². The first-order valence-electron chi connectivity index (χ1n) is 6.75. The van der Waals surface area contributed by atoms with Crippen molar-refractivity contribution < 1.29 is 8.42 Å². The molecule has 0 amide bonds. The Balaban J connectivity index is 2.34. The van der Waals surface area contributed by atoms with Gasteiger partial charge in [0.05, 0.1) is 4.90 Å². The van der Waals surface area contributed by atoms with Gasteiger partial charge < -0.3 is 5.73 Å². The highest BCUT2D eigenvalue weighted by molar-refractivity contribution is 7.89. The lowest BCUT2D eigenvalue weighted by Crippen LogP contribution is -2.28. The van der Waals surface area contributed by atoms with E-state index in [0.29, 0.717) is 11.3 Å². The van der Waals surface area contributed by atoms with Gasteiger partial charge in [-0.3, -0.25) is 0 Å². The van der Waals surface area contributed by atoms with E-state index in [0.717, 1.165) is 11.1 Å². The number of nitrogens with two attached hydrogens (primary N) is 1. The fourth-order valence-corrected chi connectivity index (χ4v) is 3.84. The van der Waals surface area contributed by atoms with Crippen LogP contribution in [0.4, 0.5) is 5.69 Å². The molecule has 2 aromatic carbocycles. The fourth-order valence-electron chi connectivity index (χ4n) is 2.34. The van der Waals surface area contributed by atoms with Gasteiger partial charge in [0, 0.05) is 11.7 Å². The van der Waals surface area contributed by atoms with Gasteiger partial charge in [0.15, 0.2) is 0 Å².